The van der Waals surface area contributed by atoms with Crippen LogP contribution < -0.4 is 5.73 Å². The van der Waals surface area contributed by atoms with Crippen LogP contribution in [0.25, 0.3) is 0 Å². The normalized spacial score (nSPS) is 24.8. The second-order valence-electron chi connectivity index (χ2n) is 21.5. The molecule has 12 heteroatoms. The number of Topliss-reactive ketones (excluding diaryl/α,β-unsaturated/α-hetero) is 2. The van der Waals surface area contributed by atoms with Crippen LogP contribution >= 0.6 is 0 Å². The van der Waals surface area contributed by atoms with Gasteiger partial charge in [-0.05, 0) is 114 Å². The first-order chi connectivity index (χ1) is 32.1. The fourth-order valence-electron chi connectivity index (χ4n) is 8.27. The van der Waals surface area contributed by atoms with Crippen LogP contribution in [-0.2, 0) is 44.6 Å². The zero-order valence-electron chi connectivity index (χ0n) is 42.2. The van der Waals surface area contributed by atoms with Crippen LogP contribution in [0.4, 0.5) is 0 Å². The number of benzene rings is 4. The molecule has 5 aliphatic rings. The van der Waals surface area contributed by atoms with Crippen molar-refractivity contribution in [2.75, 3.05) is 0 Å². The van der Waals surface area contributed by atoms with Crippen LogP contribution in [-0.4, -0.2) is 88.8 Å². The number of carbonyl (C=O) groups excluding carboxylic acids is 2. The number of carbonyl (C=O) groups is 2. The predicted octanol–water partition coefficient (Wildman–Crippen LogP) is 10.3. The van der Waals surface area contributed by atoms with E-state index in [0.29, 0.717) is 18.6 Å². The minimum absolute atomic E-state index is 0.00463. The Kier molecular flexibility index (Phi) is 20.1. The third-order valence-electron chi connectivity index (χ3n) is 13.0. The predicted molar refractivity (Wildman–Crippen MR) is 279 cm³/mol. The van der Waals surface area contributed by atoms with Crippen LogP contribution in [0.1, 0.15) is 100 Å². The van der Waals surface area contributed by atoms with Crippen molar-refractivity contribution in [3.05, 3.63) is 155 Å². The van der Waals surface area contributed by atoms with Gasteiger partial charge >= 0.3 is 0 Å². The summed E-state index contributed by atoms with van der Waals surface area (Å²) in [6.45, 7) is 20.5. The van der Waals surface area contributed by atoms with Gasteiger partial charge in [-0.1, -0.05) is 121 Å². The largest absolute Gasteiger partial charge is 0.545 e. The maximum atomic E-state index is 11.8. The van der Waals surface area contributed by atoms with Crippen molar-refractivity contribution in [1.29, 1.82) is 0 Å². The lowest BCUT2D eigenvalue weighted by atomic mass is 9.75. The number of hydrogen-bond acceptors (Lipinski definition) is 10. The van der Waals surface area contributed by atoms with Crippen LogP contribution in [0.15, 0.2) is 133 Å². The van der Waals surface area contributed by atoms with Gasteiger partial charge in [0.2, 0.25) is 16.6 Å². The van der Waals surface area contributed by atoms with Crippen LogP contribution in [0, 0.1) is 0 Å². The summed E-state index contributed by atoms with van der Waals surface area (Å²) in [5.74, 6) is 2.64. The Morgan fingerprint density at radius 2 is 0.868 bits per heavy atom. The van der Waals surface area contributed by atoms with Gasteiger partial charge in [0, 0.05) is 63.9 Å². The highest BCUT2D eigenvalue weighted by molar-refractivity contribution is 6.70. The van der Waals surface area contributed by atoms with Crippen molar-refractivity contribution in [2.45, 2.75) is 179 Å². The number of aliphatic hydroxyl groups excluding tert-OH is 1. The highest BCUT2D eigenvalue weighted by atomic mass is 28.4. The van der Waals surface area contributed by atoms with E-state index in [0.717, 1.165) is 89.1 Å². The average Bonchev–Trinajstić information content (AvgIpc) is 3.29. The molecule has 9 rings (SSSR count). The highest BCUT2D eigenvalue weighted by Gasteiger charge is 2.44. The second kappa shape index (κ2) is 25.0. The number of nitrogens with two attached hydrogens (primary N) is 1. The first-order valence-corrected chi connectivity index (χ1v) is 31.6. The highest BCUT2D eigenvalue weighted by Crippen LogP contribution is 2.38. The molecule has 370 valence electrons. The maximum absolute atomic E-state index is 11.8. The lowest BCUT2D eigenvalue weighted by Crippen LogP contribution is -2.58. The van der Waals surface area contributed by atoms with Gasteiger partial charge in [-0.25, -0.2) is 0 Å². The number of allylic oxidation sites excluding steroid dienone is 2. The van der Waals surface area contributed by atoms with Gasteiger partial charge < -0.3 is 29.9 Å². The molecule has 0 bridgehead atoms. The number of ketones is 2. The van der Waals surface area contributed by atoms with Gasteiger partial charge in [-0.2, -0.15) is 0 Å². The average molecular weight is 964 g/mol. The molecular formula is C56H81N3O7Si2. The lowest BCUT2D eigenvalue weighted by molar-refractivity contribution is -0.135. The van der Waals surface area contributed by atoms with E-state index in [2.05, 4.69) is 146 Å². The lowest BCUT2D eigenvalue weighted by Gasteiger charge is -2.49. The molecule has 0 aliphatic heterocycles. The van der Waals surface area contributed by atoms with Gasteiger partial charge in [-0.3, -0.25) is 19.4 Å². The molecule has 10 nitrogen and oxygen atoms in total. The minimum Gasteiger partial charge on any atom is -0.545 e. The second-order valence-corrected chi connectivity index (χ2v) is 30.3. The molecule has 2 unspecified atom stereocenters. The first kappa shape index (κ1) is 54.7. The molecule has 0 spiro atoms. The summed E-state index contributed by atoms with van der Waals surface area (Å²) in [4.78, 5) is 26.5. The molecule has 4 saturated carbocycles. The van der Waals surface area contributed by atoms with Gasteiger partial charge in [0.25, 0.3) is 0 Å². The topological polar surface area (TPSA) is 146 Å². The van der Waals surface area contributed by atoms with E-state index >= 15 is 0 Å². The molecule has 4 fully saturated rings. The summed E-state index contributed by atoms with van der Waals surface area (Å²) in [6.07, 6.45) is 8.37. The van der Waals surface area contributed by atoms with Crippen molar-refractivity contribution < 1.29 is 33.8 Å². The Labute approximate surface area is 409 Å². The van der Waals surface area contributed by atoms with Gasteiger partial charge in [-0.15, -0.1) is 0 Å². The SMILES string of the molecule is C[C@@]1(O)CC[C@@H]1N.C[C@@]1(O)CC[C@@H]1N(Cc1ccccc1)Cc1ccccc1.C[Si](C)(C)OC1=C(O[Si](C)(C)C)CC1.O=C1CCC1N(Cc1ccccc1)Cc1ccccc1.O=C1CCC1O. The molecule has 0 heterocycles. The first-order valence-electron chi connectivity index (χ1n) is 24.8. The molecule has 6 atom stereocenters. The quantitative estimate of drug-likeness (QED) is 0.0901. The van der Waals surface area contributed by atoms with E-state index in [1.165, 1.54) is 22.3 Å². The van der Waals surface area contributed by atoms with Crippen LogP contribution in [0.3, 0.4) is 0 Å². The van der Waals surface area contributed by atoms with Crippen molar-refractivity contribution >= 4 is 28.2 Å². The third-order valence-corrected chi connectivity index (χ3v) is 14.7. The van der Waals surface area contributed by atoms with E-state index in [9.17, 15) is 14.7 Å². The fraction of sp³-hybridized carbons (Fsp3) is 0.500. The van der Waals surface area contributed by atoms with Gasteiger partial charge in [0.15, 0.2) is 5.78 Å². The molecule has 4 aromatic carbocycles. The van der Waals surface area contributed by atoms with E-state index in [-0.39, 0.29) is 23.9 Å². The summed E-state index contributed by atoms with van der Waals surface area (Å²) in [6, 6.07) is 42.2. The Morgan fingerprint density at radius 3 is 1.04 bits per heavy atom. The Bertz CT molecular complexity index is 2070. The number of rotatable bonds is 14. The van der Waals surface area contributed by atoms with Gasteiger partial charge in [0.1, 0.15) is 23.4 Å². The Morgan fingerprint density at radius 1 is 0.529 bits per heavy atom. The summed E-state index contributed by atoms with van der Waals surface area (Å²) < 4.78 is 11.9. The smallest absolute Gasteiger partial charge is 0.241 e. The number of aliphatic hydroxyl groups is 3. The van der Waals surface area contributed by atoms with Gasteiger partial charge in [0.05, 0.1) is 17.2 Å². The Balaban J connectivity index is 0.000000170. The summed E-state index contributed by atoms with van der Waals surface area (Å²) in [7, 11) is -2.86. The maximum Gasteiger partial charge on any atom is 0.241 e. The molecule has 0 radical (unpaired) electrons. The van der Waals surface area contributed by atoms with Crippen molar-refractivity contribution in [1.82, 2.24) is 9.80 Å². The summed E-state index contributed by atoms with van der Waals surface area (Å²) in [5.41, 5.74) is 9.45. The molecule has 0 amide bonds. The van der Waals surface area contributed by atoms with E-state index in [1.807, 2.05) is 31.2 Å². The van der Waals surface area contributed by atoms with Crippen LogP contribution in [0.2, 0.25) is 39.3 Å². The monoisotopic (exact) mass is 964 g/mol. The van der Waals surface area contributed by atoms with E-state index < -0.39 is 33.9 Å². The van der Waals surface area contributed by atoms with Crippen molar-refractivity contribution in [3.63, 3.8) is 0 Å². The van der Waals surface area contributed by atoms with E-state index in [4.69, 9.17) is 24.8 Å². The van der Waals surface area contributed by atoms with Crippen molar-refractivity contribution in [2.24, 2.45) is 5.73 Å². The molecular weight excluding hydrogens is 883 g/mol. The third kappa shape index (κ3) is 17.9. The number of nitrogens with zero attached hydrogens (tertiary/aromatic N) is 2. The molecule has 4 aromatic rings. The zero-order chi connectivity index (χ0) is 49.5. The standard InChI is InChI=1S/C19H23NO.C18H19NO.C10H22O2Si2.C5H11NO.C4H6O2/c1-19(21)13-12-18(19)20(14-16-8-4-2-5-9-16)15-17-10-6-3-7-11-17;20-18-12-11-17(18)19(13-15-7-3-1-4-8-15)14-16-9-5-2-6-10-16;1-13(2,3)11-9-7-8-10(9)12-14(4,5)6;1-5(7)3-2-4(5)6;5-3-1-2-4(3)6/h2-11,18,21H,12-15H2,1H3;1-10,17H,11-14H2;7-8H2,1-6H3;4,7H,2-3,6H2,1H3;3,5H,1-2H2/t18-,19+;;;4-,5+;/m0..0./s1. The molecule has 0 saturated heterocycles. The molecule has 5 N–H and O–H groups in total. The zero-order valence-corrected chi connectivity index (χ0v) is 44.2. The van der Waals surface area contributed by atoms with Crippen LogP contribution in [0.5, 0.6) is 0 Å². The van der Waals surface area contributed by atoms with Crippen molar-refractivity contribution in [3.8, 4) is 0 Å². The molecule has 5 aliphatic carbocycles. The molecule has 0 aromatic heterocycles. The minimum atomic E-state index is -1.43. The summed E-state index contributed by atoms with van der Waals surface area (Å²) in [5, 5.41) is 27.9. The summed E-state index contributed by atoms with van der Waals surface area (Å²) >= 11 is 0. The molecule has 68 heavy (non-hydrogen) atoms. The fourth-order valence-corrected chi connectivity index (χ4v) is 10.2. The van der Waals surface area contributed by atoms with E-state index in [1.54, 1.807) is 6.92 Å². The number of hydrogen-bond donors (Lipinski definition) is 4. The Hall–Kier alpha value is -4.25.